The molecule has 0 aliphatic rings. The van der Waals surface area contributed by atoms with Gasteiger partial charge in [-0.05, 0) is 31.4 Å². The van der Waals surface area contributed by atoms with Gasteiger partial charge in [-0.1, -0.05) is 59.7 Å². The molecule has 6 heteroatoms. The number of hydrogen-bond donors (Lipinski definition) is 0. The number of aryl methyl sites for hydroxylation is 2. The highest BCUT2D eigenvalue weighted by Gasteiger charge is 2.71. The molecular formula is C18H16F6. The molecule has 0 N–H and O–H groups in total. The van der Waals surface area contributed by atoms with Crippen molar-refractivity contribution in [3.63, 3.8) is 0 Å². The lowest BCUT2D eigenvalue weighted by molar-refractivity contribution is -0.303. The van der Waals surface area contributed by atoms with Crippen molar-refractivity contribution in [1.82, 2.24) is 0 Å². The lowest BCUT2D eigenvalue weighted by Crippen LogP contribution is -2.55. The number of halogens is 6. The van der Waals surface area contributed by atoms with Crippen LogP contribution in [0.15, 0.2) is 48.5 Å². The minimum Gasteiger partial charge on any atom is -0.170 e. The van der Waals surface area contributed by atoms with E-state index >= 15 is 0 Å². The molecule has 0 nitrogen and oxygen atoms in total. The summed E-state index contributed by atoms with van der Waals surface area (Å²) in [6.07, 6.45) is -12.2. The van der Waals surface area contributed by atoms with E-state index in [0.717, 1.165) is 17.7 Å². The molecule has 0 heterocycles. The van der Waals surface area contributed by atoms with Crippen LogP contribution in [-0.4, -0.2) is 12.4 Å². The maximum atomic E-state index is 13.7. The normalized spacial score (nSPS) is 13.2. The van der Waals surface area contributed by atoms with Crippen LogP contribution in [0.4, 0.5) is 26.3 Å². The molecule has 24 heavy (non-hydrogen) atoms. The summed E-state index contributed by atoms with van der Waals surface area (Å²) in [5.41, 5.74) is -3.40. The summed E-state index contributed by atoms with van der Waals surface area (Å²) in [5.74, 6) is 0. The van der Waals surface area contributed by atoms with Crippen molar-refractivity contribution < 1.29 is 26.3 Å². The smallest absolute Gasteiger partial charge is 0.170 e. The van der Waals surface area contributed by atoms with Gasteiger partial charge in [-0.3, -0.25) is 0 Å². The van der Waals surface area contributed by atoms with Gasteiger partial charge in [0, 0.05) is 0 Å². The molecule has 2 rings (SSSR count). The van der Waals surface area contributed by atoms with Crippen molar-refractivity contribution in [1.29, 1.82) is 0 Å². The fourth-order valence-corrected chi connectivity index (χ4v) is 2.64. The summed E-state index contributed by atoms with van der Waals surface area (Å²) in [6.45, 7) is 3.32. The first kappa shape index (κ1) is 18.4. The van der Waals surface area contributed by atoms with E-state index in [1.54, 1.807) is 13.8 Å². The third-order valence-electron chi connectivity index (χ3n) is 4.10. The van der Waals surface area contributed by atoms with Gasteiger partial charge in [-0.15, -0.1) is 0 Å². The Balaban J connectivity index is 2.66. The second-order valence-electron chi connectivity index (χ2n) is 5.93. The first-order valence-electron chi connectivity index (χ1n) is 7.23. The standard InChI is InChI=1S/C18H16F6/c1-12-3-7-14(8-4-12)11-16(17(19,20)21,18(22,23)24)15-9-5-13(2)6-10-15/h3-10H,11H2,1-2H3. The molecule has 0 aliphatic carbocycles. The summed E-state index contributed by atoms with van der Waals surface area (Å²) in [5, 5.41) is 0. The topological polar surface area (TPSA) is 0 Å². The molecule has 2 aromatic carbocycles. The second-order valence-corrected chi connectivity index (χ2v) is 5.93. The molecule has 0 saturated heterocycles. The Bertz CT molecular complexity index is 663. The molecule has 0 atom stereocenters. The van der Waals surface area contributed by atoms with Gasteiger partial charge in [0.2, 0.25) is 0 Å². The number of benzene rings is 2. The van der Waals surface area contributed by atoms with Crippen molar-refractivity contribution in [3.8, 4) is 0 Å². The summed E-state index contributed by atoms with van der Waals surface area (Å²) in [7, 11) is 0. The fourth-order valence-electron chi connectivity index (χ4n) is 2.64. The van der Waals surface area contributed by atoms with E-state index < -0.39 is 29.8 Å². The Kier molecular flexibility index (Phi) is 4.70. The summed E-state index contributed by atoms with van der Waals surface area (Å²) < 4.78 is 82.2. The predicted octanol–water partition coefficient (Wildman–Crippen LogP) is 5.91. The van der Waals surface area contributed by atoms with Crippen molar-refractivity contribution >= 4 is 0 Å². The minimum atomic E-state index is -5.48. The van der Waals surface area contributed by atoms with E-state index in [0.29, 0.717) is 5.56 Å². The van der Waals surface area contributed by atoms with Crippen LogP contribution in [0, 0.1) is 13.8 Å². The van der Waals surface area contributed by atoms with E-state index in [-0.39, 0.29) is 5.56 Å². The Hall–Kier alpha value is -1.98. The first-order chi connectivity index (χ1) is 11.0. The van der Waals surface area contributed by atoms with Crippen molar-refractivity contribution in [2.45, 2.75) is 38.0 Å². The van der Waals surface area contributed by atoms with Crippen LogP contribution in [0.5, 0.6) is 0 Å². The maximum Gasteiger partial charge on any atom is 0.407 e. The van der Waals surface area contributed by atoms with Crippen LogP contribution in [0.2, 0.25) is 0 Å². The average Bonchev–Trinajstić information content (AvgIpc) is 2.45. The molecule has 0 aliphatic heterocycles. The summed E-state index contributed by atoms with van der Waals surface area (Å²) in [4.78, 5) is 0. The zero-order chi connectivity index (χ0) is 18.2. The summed E-state index contributed by atoms with van der Waals surface area (Å²) >= 11 is 0. The summed E-state index contributed by atoms with van der Waals surface area (Å²) in [6, 6.07) is 9.94. The van der Waals surface area contributed by atoms with Crippen LogP contribution in [0.1, 0.15) is 22.3 Å². The Morgan fingerprint density at radius 3 is 1.38 bits per heavy atom. The second kappa shape index (κ2) is 6.15. The molecule has 0 aromatic heterocycles. The van der Waals surface area contributed by atoms with Crippen LogP contribution in [0.3, 0.4) is 0 Å². The fraction of sp³-hybridized carbons (Fsp3) is 0.333. The Morgan fingerprint density at radius 2 is 1.00 bits per heavy atom. The van der Waals surface area contributed by atoms with E-state index in [2.05, 4.69) is 0 Å². The third kappa shape index (κ3) is 3.28. The lowest BCUT2D eigenvalue weighted by atomic mass is 9.73. The molecule has 130 valence electrons. The Labute approximate surface area is 136 Å². The molecule has 0 unspecified atom stereocenters. The average molecular weight is 346 g/mol. The van der Waals surface area contributed by atoms with Gasteiger partial charge in [-0.2, -0.15) is 26.3 Å². The van der Waals surface area contributed by atoms with Crippen molar-refractivity contribution in [2.24, 2.45) is 0 Å². The van der Waals surface area contributed by atoms with E-state index in [4.69, 9.17) is 0 Å². The maximum absolute atomic E-state index is 13.7. The highest BCUT2D eigenvalue weighted by molar-refractivity contribution is 5.36. The van der Waals surface area contributed by atoms with Gasteiger partial charge in [-0.25, -0.2) is 0 Å². The van der Waals surface area contributed by atoms with Crippen molar-refractivity contribution in [2.75, 3.05) is 0 Å². The Morgan fingerprint density at radius 1 is 0.625 bits per heavy atom. The zero-order valence-corrected chi connectivity index (χ0v) is 13.1. The third-order valence-corrected chi connectivity index (χ3v) is 4.10. The lowest BCUT2D eigenvalue weighted by Gasteiger charge is -2.38. The monoisotopic (exact) mass is 346 g/mol. The van der Waals surface area contributed by atoms with Crippen LogP contribution < -0.4 is 0 Å². The highest BCUT2D eigenvalue weighted by atomic mass is 19.4. The molecular weight excluding hydrogens is 330 g/mol. The van der Waals surface area contributed by atoms with E-state index in [1.807, 2.05) is 0 Å². The SMILES string of the molecule is Cc1ccc(CC(c2ccc(C)cc2)(C(F)(F)F)C(F)(F)F)cc1. The number of hydrogen-bond acceptors (Lipinski definition) is 0. The predicted molar refractivity (Wildman–Crippen MR) is 79.9 cm³/mol. The first-order valence-corrected chi connectivity index (χ1v) is 7.23. The minimum absolute atomic E-state index is 0.0178. The molecule has 0 saturated carbocycles. The van der Waals surface area contributed by atoms with Crippen molar-refractivity contribution in [3.05, 3.63) is 70.8 Å². The zero-order valence-electron chi connectivity index (χ0n) is 13.1. The molecule has 0 bridgehead atoms. The molecule has 2 aromatic rings. The van der Waals surface area contributed by atoms with Gasteiger partial charge in [0.1, 0.15) is 0 Å². The van der Waals surface area contributed by atoms with E-state index in [1.165, 1.54) is 36.4 Å². The molecule has 0 amide bonds. The van der Waals surface area contributed by atoms with E-state index in [9.17, 15) is 26.3 Å². The molecule has 0 fully saturated rings. The van der Waals surface area contributed by atoms with Crippen LogP contribution >= 0.6 is 0 Å². The molecule has 0 spiro atoms. The van der Waals surface area contributed by atoms with Gasteiger partial charge < -0.3 is 0 Å². The largest absolute Gasteiger partial charge is 0.407 e. The van der Waals surface area contributed by atoms with Crippen LogP contribution in [-0.2, 0) is 11.8 Å². The quantitative estimate of drug-likeness (QED) is 0.606. The van der Waals surface area contributed by atoms with Crippen LogP contribution in [0.25, 0.3) is 0 Å². The van der Waals surface area contributed by atoms with Gasteiger partial charge >= 0.3 is 12.4 Å². The number of rotatable bonds is 3. The van der Waals surface area contributed by atoms with Gasteiger partial charge in [0.05, 0.1) is 0 Å². The number of alkyl halides is 6. The molecule has 0 radical (unpaired) electrons. The highest BCUT2D eigenvalue weighted by Crippen LogP contribution is 2.53. The van der Waals surface area contributed by atoms with Gasteiger partial charge in [0.25, 0.3) is 0 Å². The van der Waals surface area contributed by atoms with Gasteiger partial charge in [0.15, 0.2) is 5.41 Å².